The number of halogens is 1. The minimum Gasteiger partial charge on any atom is -0.225 e. The standard InChI is InChI=1S/C18H16ClNO2S/c1-12-6-9-17(23(20,21)22)16(10-12)18-14(11-19)8-7-13-4-2-3-5-15(13)18/h2-10H,11H2,1H3,(H2,20,21,22). The van der Waals surface area contributed by atoms with E-state index in [1.807, 2.05) is 49.4 Å². The highest BCUT2D eigenvalue weighted by molar-refractivity contribution is 7.89. The molecule has 0 unspecified atom stereocenters. The highest BCUT2D eigenvalue weighted by atomic mass is 35.5. The predicted octanol–water partition coefficient (Wildman–Crippen LogP) is 4.20. The summed E-state index contributed by atoms with van der Waals surface area (Å²) in [5.41, 5.74) is 3.26. The van der Waals surface area contributed by atoms with Crippen LogP contribution in [-0.2, 0) is 15.9 Å². The minimum atomic E-state index is -3.84. The maximum Gasteiger partial charge on any atom is 0.238 e. The summed E-state index contributed by atoms with van der Waals surface area (Å²) in [5.74, 6) is 0.290. The predicted molar refractivity (Wildman–Crippen MR) is 95.1 cm³/mol. The van der Waals surface area contributed by atoms with Crippen molar-refractivity contribution in [3.05, 3.63) is 65.7 Å². The summed E-state index contributed by atoms with van der Waals surface area (Å²) < 4.78 is 24.0. The largest absolute Gasteiger partial charge is 0.238 e. The number of benzene rings is 3. The minimum absolute atomic E-state index is 0.116. The Morgan fingerprint density at radius 3 is 2.48 bits per heavy atom. The molecule has 0 atom stereocenters. The van der Waals surface area contributed by atoms with Gasteiger partial charge in [0.2, 0.25) is 10.0 Å². The molecule has 2 N–H and O–H groups in total. The molecule has 0 heterocycles. The maximum absolute atomic E-state index is 12.0. The number of rotatable bonds is 3. The van der Waals surface area contributed by atoms with Crippen LogP contribution in [0.2, 0.25) is 0 Å². The van der Waals surface area contributed by atoms with Crippen LogP contribution < -0.4 is 5.14 Å². The topological polar surface area (TPSA) is 60.2 Å². The summed E-state index contributed by atoms with van der Waals surface area (Å²) in [4.78, 5) is 0.116. The second kappa shape index (κ2) is 5.96. The average Bonchev–Trinajstić information content (AvgIpc) is 2.52. The Labute approximate surface area is 140 Å². The molecule has 0 saturated carbocycles. The van der Waals surface area contributed by atoms with Crippen LogP contribution in [-0.4, -0.2) is 8.42 Å². The highest BCUT2D eigenvalue weighted by Gasteiger charge is 2.19. The monoisotopic (exact) mass is 345 g/mol. The third kappa shape index (κ3) is 2.98. The fraction of sp³-hybridized carbons (Fsp3) is 0.111. The smallest absolute Gasteiger partial charge is 0.225 e. The fourth-order valence-electron chi connectivity index (χ4n) is 2.83. The molecule has 0 amide bonds. The van der Waals surface area contributed by atoms with E-state index >= 15 is 0 Å². The molecule has 0 saturated heterocycles. The Morgan fingerprint density at radius 1 is 1.04 bits per heavy atom. The van der Waals surface area contributed by atoms with Crippen molar-refractivity contribution < 1.29 is 8.42 Å². The van der Waals surface area contributed by atoms with E-state index < -0.39 is 10.0 Å². The first kappa shape index (κ1) is 16.0. The van der Waals surface area contributed by atoms with E-state index in [1.165, 1.54) is 0 Å². The van der Waals surface area contributed by atoms with Crippen molar-refractivity contribution in [2.45, 2.75) is 17.7 Å². The molecule has 23 heavy (non-hydrogen) atoms. The number of sulfonamides is 1. The van der Waals surface area contributed by atoms with Gasteiger partial charge in [-0.3, -0.25) is 0 Å². The number of nitrogens with two attached hydrogens (primary N) is 1. The normalized spacial score (nSPS) is 11.8. The molecule has 0 fully saturated rings. The van der Waals surface area contributed by atoms with E-state index in [1.54, 1.807) is 12.1 Å². The Morgan fingerprint density at radius 2 is 1.78 bits per heavy atom. The van der Waals surface area contributed by atoms with Gasteiger partial charge in [0.15, 0.2) is 0 Å². The van der Waals surface area contributed by atoms with Crippen LogP contribution in [0.15, 0.2) is 59.5 Å². The van der Waals surface area contributed by atoms with E-state index in [0.29, 0.717) is 5.56 Å². The summed E-state index contributed by atoms with van der Waals surface area (Å²) in [7, 11) is -3.84. The summed E-state index contributed by atoms with van der Waals surface area (Å²) in [6.07, 6.45) is 0. The molecule has 0 spiro atoms. The lowest BCUT2D eigenvalue weighted by Crippen LogP contribution is -2.13. The Hall–Kier alpha value is -1.88. The Kier molecular flexibility index (Phi) is 4.15. The zero-order valence-corrected chi connectivity index (χ0v) is 14.2. The molecule has 3 aromatic carbocycles. The van der Waals surface area contributed by atoms with Crippen molar-refractivity contribution in [3.63, 3.8) is 0 Å². The maximum atomic E-state index is 12.0. The molecule has 118 valence electrons. The number of alkyl halides is 1. The van der Waals surface area contributed by atoms with E-state index in [0.717, 1.165) is 27.5 Å². The summed E-state index contributed by atoms with van der Waals surface area (Å²) >= 11 is 6.11. The van der Waals surface area contributed by atoms with Crippen molar-refractivity contribution in [2.75, 3.05) is 0 Å². The third-order valence-corrected chi connectivity index (χ3v) is 5.13. The summed E-state index contributed by atoms with van der Waals surface area (Å²) in [6, 6.07) is 16.9. The number of hydrogen-bond donors (Lipinski definition) is 1. The zero-order valence-electron chi connectivity index (χ0n) is 12.6. The number of primary sulfonamides is 1. The van der Waals surface area contributed by atoms with Gasteiger partial charge in [0, 0.05) is 11.4 Å². The van der Waals surface area contributed by atoms with Crippen LogP contribution in [0, 0.1) is 6.92 Å². The van der Waals surface area contributed by atoms with Crippen LogP contribution in [0.25, 0.3) is 21.9 Å². The molecule has 0 aliphatic rings. The van der Waals surface area contributed by atoms with E-state index in [2.05, 4.69) is 0 Å². The van der Waals surface area contributed by atoms with Gasteiger partial charge in [0.1, 0.15) is 0 Å². The van der Waals surface area contributed by atoms with Gasteiger partial charge >= 0.3 is 0 Å². The lowest BCUT2D eigenvalue weighted by Gasteiger charge is -2.15. The zero-order chi connectivity index (χ0) is 16.6. The molecule has 5 heteroatoms. The van der Waals surface area contributed by atoms with Crippen LogP contribution in [0.1, 0.15) is 11.1 Å². The second-order valence-electron chi connectivity index (χ2n) is 5.50. The van der Waals surface area contributed by atoms with E-state index in [-0.39, 0.29) is 10.8 Å². The first-order valence-corrected chi connectivity index (χ1v) is 9.20. The van der Waals surface area contributed by atoms with Gasteiger partial charge in [-0.05, 0) is 34.9 Å². The van der Waals surface area contributed by atoms with Crippen molar-refractivity contribution in [1.82, 2.24) is 0 Å². The second-order valence-corrected chi connectivity index (χ2v) is 7.30. The van der Waals surface area contributed by atoms with Crippen molar-refractivity contribution >= 4 is 32.4 Å². The highest BCUT2D eigenvalue weighted by Crippen LogP contribution is 2.37. The molecule has 0 aliphatic heterocycles. The molecular formula is C18H16ClNO2S. The molecule has 0 aromatic heterocycles. The molecule has 0 aliphatic carbocycles. The van der Waals surface area contributed by atoms with Crippen LogP contribution in [0.3, 0.4) is 0 Å². The molecule has 3 rings (SSSR count). The Balaban J connectivity index is 2.48. The van der Waals surface area contributed by atoms with Gasteiger partial charge in [-0.2, -0.15) is 0 Å². The molecule has 3 nitrogen and oxygen atoms in total. The first-order valence-electron chi connectivity index (χ1n) is 7.12. The fourth-order valence-corrected chi connectivity index (χ4v) is 3.78. The van der Waals surface area contributed by atoms with Gasteiger partial charge in [0.25, 0.3) is 0 Å². The van der Waals surface area contributed by atoms with Crippen molar-refractivity contribution in [3.8, 4) is 11.1 Å². The molecule has 0 radical (unpaired) electrons. The lowest BCUT2D eigenvalue weighted by atomic mass is 9.93. The van der Waals surface area contributed by atoms with Crippen LogP contribution >= 0.6 is 11.6 Å². The molecule has 3 aromatic rings. The SMILES string of the molecule is Cc1ccc(S(N)(=O)=O)c(-c2c(CCl)ccc3ccccc23)c1. The molecular weight excluding hydrogens is 330 g/mol. The van der Waals surface area contributed by atoms with Gasteiger partial charge in [-0.25, -0.2) is 13.6 Å². The van der Waals surface area contributed by atoms with E-state index in [9.17, 15) is 8.42 Å². The summed E-state index contributed by atoms with van der Waals surface area (Å²) in [5, 5.41) is 7.41. The van der Waals surface area contributed by atoms with E-state index in [4.69, 9.17) is 16.7 Å². The van der Waals surface area contributed by atoms with Gasteiger partial charge < -0.3 is 0 Å². The number of aryl methyl sites for hydroxylation is 1. The lowest BCUT2D eigenvalue weighted by molar-refractivity contribution is 0.598. The number of fused-ring (bicyclic) bond motifs is 1. The van der Waals surface area contributed by atoms with Gasteiger partial charge in [0.05, 0.1) is 4.90 Å². The third-order valence-electron chi connectivity index (χ3n) is 3.87. The summed E-state index contributed by atoms with van der Waals surface area (Å²) in [6.45, 7) is 1.92. The quantitative estimate of drug-likeness (QED) is 0.723. The average molecular weight is 346 g/mol. The first-order chi connectivity index (χ1) is 10.9. The molecule has 0 bridgehead atoms. The van der Waals surface area contributed by atoms with Crippen molar-refractivity contribution in [2.24, 2.45) is 5.14 Å². The Bertz CT molecular complexity index is 997. The van der Waals surface area contributed by atoms with Gasteiger partial charge in [-0.1, -0.05) is 54.1 Å². The number of hydrogen-bond acceptors (Lipinski definition) is 2. The van der Waals surface area contributed by atoms with Crippen LogP contribution in [0.4, 0.5) is 0 Å². The van der Waals surface area contributed by atoms with Crippen molar-refractivity contribution in [1.29, 1.82) is 0 Å². The van der Waals surface area contributed by atoms with Crippen LogP contribution in [0.5, 0.6) is 0 Å². The van der Waals surface area contributed by atoms with Gasteiger partial charge in [-0.15, -0.1) is 11.6 Å².